The molecule has 124 valence electrons. The molecular formula is C11H11F3N6O2S. The largest absolute Gasteiger partial charge is 0.416 e. The first kappa shape index (κ1) is 16.7. The van der Waals surface area contributed by atoms with Crippen molar-refractivity contribution in [1.29, 1.82) is 5.41 Å². The molecule has 2 aromatic rings. The molecule has 0 radical (unpaired) electrons. The number of hydrogen-bond acceptors (Lipinski definition) is 7. The molecule has 0 atom stereocenters. The maximum Gasteiger partial charge on any atom is 0.416 e. The first-order valence-corrected chi connectivity index (χ1v) is 7.79. The number of nitrogen functional groups attached to an aromatic ring is 1. The van der Waals surface area contributed by atoms with Crippen LogP contribution >= 0.6 is 0 Å². The van der Waals surface area contributed by atoms with Gasteiger partial charge in [-0.05, 0) is 18.2 Å². The van der Waals surface area contributed by atoms with Crippen LogP contribution in [-0.4, -0.2) is 28.8 Å². The molecule has 23 heavy (non-hydrogen) atoms. The van der Waals surface area contributed by atoms with E-state index in [0.717, 1.165) is 24.5 Å². The first-order valence-electron chi connectivity index (χ1n) is 5.95. The van der Waals surface area contributed by atoms with Crippen LogP contribution in [0.1, 0.15) is 5.56 Å². The van der Waals surface area contributed by atoms with E-state index in [0.29, 0.717) is 4.09 Å². The van der Waals surface area contributed by atoms with Crippen LogP contribution in [0.3, 0.4) is 0 Å². The number of anilines is 3. The summed E-state index contributed by atoms with van der Waals surface area (Å²) in [7, 11) is -3.92. The smallest absolute Gasteiger partial charge is 0.380 e. The summed E-state index contributed by atoms with van der Waals surface area (Å²) in [5.41, 5.74) is 3.86. The molecular weight excluding hydrogens is 337 g/mol. The number of alkyl halides is 3. The molecule has 0 aliphatic heterocycles. The molecule has 12 heteroatoms. The Kier molecular flexibility index (Phi) is 4.03. The van der Waals surface area contributed by atoms with E-state index in [1.54, 1.807) is 0 Å². The normalized spacial score (nSPS) is 12.2. The van der Waals surface area contributed by atoms with Crippen molar-refractivity contribution in [3.63, 3.8) is 0 Å². The number of nitrogens with one attached hydrogen (secondary N) is 2. The zero-order valence-electron chi connectivity index (χ0n) is 11.6. The van der Waals surface area contributed by atoms with Gasteiger partial charge in [0, 0.05) is 5.69 Å². The molecule has 0 spiro atoms. The predicted molar refractivity (Wildman–Crippen MR) is 75.3 cm³/mol. The summed E-state index contributed by atoms with van der Waals surface area (Å²) in [6.45, 7) is 0. The second kappa shape index (κ2) is 5.53. The van der Waals surface area contributed by atoms with Crippen molar-refractivity contribution in [1.82, 2.24) is 14.2 Å². The Morgan fingerprint density at radius 2 is 2.00 bits per heavy atom. The third-order valence-corrected chi connectivity index (χ3v) is 3.50. The zero-order valence-corrected chi connectivity index (χ0v) is 12.4. The highest BCUT2D eigenvalue weighted by molar-refractivity contribution is 7.89. The Labute approximate surface area is 128 Å². The van der Waals surface area contributed by atoms with Crippen LogP contribution in [0.5, 0.6) is 0 Å². The van der Waals surface area contributed by atoms with E-state index in [-0.39, 0.29) is 11.6 Å². The van der Waals surface area contributed by atoms with Crippen molar-refractivity contribution in [2.45, 2.75) is 6.18 Å². The van der Waals surface area contributed by atoms with Crippen LogP contribution in [0.2, 0.25) is 0 Å². The third-order valence-electron chi connectivity index (χ3n) is 2.61. The Morgan fingerprint density at radius 3 is 2.57 bits per heavy atom. The monoisotopic (exact) mass is 348 g/mol. The van der Waals surface area contributed by atoms with Crippen molar-refractivity contribution in [2.75, 3.05) is 17.3 Å². The molecule has 1 aromatic heterocycles. The lowest BCUT2D eigenvalue weighted by Crippen LogP contribution is -2.32. The Morgan fingerprint density at radius 1 is 1.35 bits per heavy atom. The molecule has 8 nitrogen and oxygen atoms in total. The number of nitrogens with zero attached hydrogens (tertiary/aromatic N) is 3. The van der Waals surface area contributed by atoms with Gasteiger partial charge < -0.3 is 11.1 Å². The van der Waals surface area contributed by atoms with E-state index < -0.39 is 33.1 Å². The van der Waals surface area contributed by atoms with Gasteiger partial charge >= 0.3 is 6.18 Å². The number of rotatable bonds is 3. The van der Waals surface area contributed by atoms with Crippen molar-refractivity contribution < 1.29 is 21.6 Å². The SMILES string of the molecule is CS(=O)(=O)n1nc(Nc2cccc(C(F)(F)F)c2)nc(N)c1=N. The highest BCUT2D eigenvalue weighted by atomic mass is 32.2. The van der Waals surface area contributed by atoms with E-state index in [1.807, 2.05) is 0 Å². The fourth-order valence-corrected chi connectivity index (χ4v) is 2.27. The zero-order chi connectivity index (χ0) is 17.4. The lowest BCUT2D eigenvalue weighted by molar-refractivity contribution is -0.137. The molecule has 4 N–H and O–H groups in total. The van der Waals surface area contributed by atoms with Gasteiger partial charge in [-0.1, -0.05) is 6.07 Å². The van der Waals surface area contributed by atoms with E-state index in [4.69, 9.17) is 11.1 Å². The van der Waals surface area contributed by atoms with Crippen LogP contribution < -0.4 is 16.5 Å². The summed E-state index contributed by atoms with van der Waals surface area (Å²) in [4.78, 5) is 3.64. The number of aromatic nitrogens is 3. The molecule has 1 heterocycles. The Bertz CT molecular complexity index is 907. The average Bonchev–Trinajstić information content (AvgIpc) is 2.41. The highest BCUT2D eigenvalue weighted by Gasteiger charge is 2.30. The van der Waals surface area contributed by atoms with E-state index in [2.05, 4.69) is 15.4 Å². The number of halogens is 3. The molecule has 0 fully saturated rings. The van der Waals surface area contributed by atoms with Crippen molar-refractivity contribution in [2.24, 2.45) is 0 Å². The lowest BCUT2D eigenvalue weighted by Gasteiger charge is -2.11. The van der Waals surface area contributed by atoms with Gasteiger partial charge in [-0.15, -0.1) is 9.19 Å². The maximum atomic E-state index is 12.7. The van der Waals surface area contributed by atoms with Gasteiger partial charge in [0.2, 0.25) is 11.4 Å². The lowest BCUT2D eigenvalue weighted by atomic mass is 10.2. The molecule has 0 amide bonds. The van der Waals surface area contributed by atoms with Crippen LogP contribution in [0.4, 0.5) is 30.6 Å². The van der Waals surface area contributed by atoms with E-state index in [1.165, 1.54) is 6.07 Å². The van der Waals surface area contributed by atoms with Gasteiger partial charge in [-0.2, -0.15) is 18.2 Å². The van der Waals surface area contributed by atoms with E-state index in [9.17, 15) is 21.6 Å². The fourth-order valence-electron chi connectivity index (χ4n) is 1.62. The second-order valence-electron chi connectivity index (χ2n) is 4.48. The Balaban J connectivity index is 2.46. The minimum atomic E-state index is -4.53. The van der Waals surface area contributed by atoms with Crippen LogP contribution in [0.25, 0.3) is 0 Å². The molecule has 1 aromatic carbocycles. The van der Waals surface area contributed by atoms with Gasteiger partial charge in [-0.3, -0.25) is 5.41 Å². The minimum absolute atomic E-state index is 0.0167. The van der Waals surface area contributed by atoms with Crippen molar-refractivity contribution in [3.05, 3.63) is 35.3 Å². The summed E-state index contributed by atoms with van der Waals surface area (Å²) < 4.78 is 61.3. The summed E-state index contributed by atoms with van der Waals surface area (Å²) in [6, 6.07) is 4.16. The maximum absolute atomic E-state index is 12.7. The van der Waals surface area contributed by atoms with Gasteiger partial charge in [-0.25, -0.2) is 8.42 Å². The molecule has 0 saturated heterocycles. The quantitative estimate of drug-likeness (QED) is 0.757. The van der Waals surface area contributed by atoms with Gasteiger partial charge in [0.25, 0.3) is 10.0 Å². The molecule has 0 unspecified atom stereocenters. The van der Waals surface area contributed by atoms with Crippen LogP contribution in [0.15, 0.2) is 24.3 Å². The molecule has 0 aliphatic rings. The minimum Gasteiger partial charge on any atom is -0.380 e. The van der Waals surface area contributed by atoms with Gasteiger partial charge in [0.15, 0.2) is 5.82 Å². The van der Waals surface area contributed by atoms with E-state index >= 15 is 0 Å². The second-order valence-corrected chi connectivity index (χ2v) is 6.29. The van der Waals surface area contributed by atoms with Crippen molar-refractivity contribution >= 4 is 27.5 Å². The standard InChI is InChI=1S/C11H11F3N6O2S/c1-23(21,22)20-9(16)8(15)18-10(19-20)17-7-4-2-3-6(5-7)11(12,13)14/h2-5,16H,1H3,(H3,15,17,18,19). The Hall–Kier alpha value is -2.63. The van der Waals surface area contributed by atoms with Crippen LogP contribution in [0, 0.1) is 5.41 Å². The van der Waals surface area contributed by atoms with Crippen molar-refractivity contribution in [3.8, 4) is 0 Å². The molecule has 0 aliphatic carbocycles. The number of nitrogens with two attached hydrogens (primary N) is 1. The van der Waals surface area contributed by atoms with Gasteiger partial charge in [0.05, 0.1) is 11.8 Å². The summed E-state index contributed by atoms with van der Waals surface area (Å²) in [5.74, 6) is -0.803. The molecule has 0 bridgehead atoms. The summed E-state index contributed by atoms with van der Waals surface area (Å²) in [5, 5.41) is 13.5. The summed E-state index contributed by atoms with van der Waals surface area (Å²) in [6.07, 6.45) is -3.74. The third kappa shape index (κ3) is 3.77. The van der Waals surface area contributed by atoms with Crippen LogP contribution in [-0.2, 0) is 16.2 Å². The average molecular weight is 348 g/mol. The molecule has 2 rings (SSSR count). The first-order chi connectivity index (χ1) is 10.5. The predicted octanol–water partition coefficient (Wildman–Crippen LogP) is 0.910. The number of benzene rings is 1. The number of hydrogen-bond donors (Lipinski definition) is 3. The summed E-state index contributed by atoms with van der Waals surface area (Å²) >= 11 is 0. The van der Waals surface area contributed by atoms with Gasteiger partial charge in [0.1, 0.15) is 0 Å². The highest BCUT2D eigenvalue weighted by Crippen LogP contribution is 2.31. The topological polar surface area (TPSA) is 127 Å². The fraction of sp³-hybridized carbons (Fsp3) is 0.182. The molecule has 0 saturated carbocycles.